The molecule has 4 nitrogen and oxygen atoms in total. The van der Waals surface area contributed by atoms with Gasteiger partial charge in [0.1, 0.15) is 0 Å². The van der Waals surface area contributed by atoms with Crippen LogP contribution in [0.1, 0.15) is 32.6 Å². The molecule has 150 valence electrons. The van der Waals surface area contributed by atoms with Crippen molar-refractivity contribution >= 4 is 22.5 Å². The topological polar surface area (TPSA) is 53.2 Å². The summed E-state index contributed by atoms with van der Waals surface area (Å²) >= 11 is 0. The zero-order chi connectivity index (χ0) is 21.3. The molecule has 4 aromatic rings. The van der Waals surface area contributed by atoms with Gasteiger partial charge in [-0.3, -0.25) is 9.59 Å². The van der Waals surface area contributed by atoms with E-state index >= 15 is 0 Å². The molecule has 0 saturated carbocycles. The van der Waals surface area contributed by atoms with Crippen LogP contribution in [-0.2, 0) is 6.54 Å². The second-order valence-corrected chi connectivity index (χ2v) is 7.76. The summed E-state index contributed by atoms with van der Waals surface area (Å²) < 4.78 is 0. The molecule has 0 atom stereocenters. The third-order valence-corrected chi connectivity index (χ3v) is 5.34. The van der Waals surface area contributed by atoms with Gasteiger partial charge in [0, 0.05) is 22.3 Å². The molecule has 0 aliphatic heterocycles. The Morgan fingerprint density at radius 1 is 0.867 bits per heavy atom. The Labute approximate surface area is 175 Å². The first-order chi connectivity index (χ1) is 14.4. The van der Waals surface area contributed by atoms with Crippen LogP contribution in [0.15, 0.2) is 77.6 Å². The smallest absolute Gasteiger partial charge is 0.258 e. The van der Waals surface area contributed by atoms with E-state index in [2.05, 4.69) is 4.98 Å². The highest BCUT2D eigenvalue weighted by Gasteiger charge is 2.21. The molecular weight excluding hydrogens is 372 g/mol. The van der Waals surface area contributed by atoms with Crippen molar-refractivity contribution in [2.75, 3.05) is 4.90 Å². The van der Waals surface area contributed by atoms with Gasteiger partial charge in [-0.05, 0) is 73.2 Å². The van der Waals surface area contributed by atoms with Gasteiger partial charge in [-0.15, -0.1) is 0 Å². The van der Waals surface area contributed by atoms with E-state index < -0.39 is 0 Å². The van der Waals surface area contributed by atoms with E-state index in [1.807, 2.05) is 93.6 Å². The van der Waals surface area contributed by atoms with Crippen LogP contribution in [0.25, 0.3) is 10.9 Å². The summed E-state index contributed by atoms with van der Waals surface area (Å²) in [5, 5.41) is 0.947. The molecule has 0 aliphatic carbocycles. The van der Waals surface area contributed by atoms with Crippen molar-refractivity contribution < 1.29 is 4.79 Å². The van der Waals surface area contributed by atoms with E-state index in [9.17, 15) is 9.59 Å². The highest BCUT2D eigenvalue weighted by Crippen LogP contribution is 2.23. The molecule has 0 aliphatic rings. The van der Waals surface area contributed by atoms with E-state index in [0.717, 1.165) is 33.3 Å². The monoisotopic (exact) mass is 396 g/mol. The first-order valence-electron chi connectivity index (χ1n) is 9.99. The van der Waals surface area contributed by atoms with Crippen LogP contribution in [0.4, 0.5) is 5.69 Å². The number of anilines is 1. The standard InChI is InChI=1S/C26H24N2O2/c1-17-7-6-9-22(13-17)28(26(30)23-10-5-4-8-19(23)3)16-21-15-20-12-11-18(2)14-24(20)27-25(21)29/h4-15H,16H2,1-3H3,(H,27,29). The number of carbonyl (C=O) groups excluding carboxylic acids is 1. The summed E-state index contributed by atoms with van der Waals surface area (Å²) in [6, 6.07) is 23.2. The summed E-state index contributed by atoms with van der Waals surface area (Å²) in [6.45, 7) is 6.10. The van der Waals surface area contributed by atoms with Gasteiger partial charge in [-0.25, -0.2) is 0 Å². The molecule has 0 unspecified atom stereocenters. The number of benzene rings is 3. The molecule has 30 heavy (non-hydrogen) atoms. The first kappa shape index (κ1) is 19.6. The number of H-pyrrole nitrogens is 1. The molecule has 1 heterocycles. The van der Waals surface area contributed by atoms with E-state index in [1.165, 1.54) is 0 Å². The third kappa shape index (κ3) is 3.90. The number of pyridine rings is 1. The van der Waals surface area contributed by atoms with Gasteiger partial charge in [0.05, 0.1) is 6.54 Å². The maximum atomic E-state index is 13.5. The van der Waals surface area contributed by atoms with Crippen molar-refractivity contribution in [2.45, 2.75) is 27.3 Å². The molecule has 1 amide bonds. The fourth-order valence-electron chi connectivity index (χ4n) is 3.68. The second kappa shape index (κ2) is 7.99. The highest BCUT2D eigenvalue weighted by molar-refractivity contribution is 6.07. The Balaban J connectivity index is 1.81. The molecule has 1 N–H and O–H groups in total. The Morgan fingerprint density at radius 3 is 2.40 bits per heavy atom. The Bertz CT molecular complexity index is 1300. The number of aromatic nitrogens is 1. The van der Waals surface area contributed by atoms with Crippen LogP contribution in [0, 0.1) is 20.8 Å². The van der Waals surface area contributed by atoms with Crippen molar-refractivity contribution in [2.24, 2.45) is 0 Å². The molecule has 3 aromatic carbocycles. The molecule has 4 heteroatoms. The van der Waals surface area contributed by atoms with E-state index in [-0.39, 0.29) is 18.0 Å². The lowest BCUT2D eigenvalue weighted by atomic mass is 10.1. The molecular formula is C26H24N2O2. The molecule has 0 spiro atoms. The number of hydrogen-bond acceptors (Lipinski definition) is 2. The molecule has 0 fully saturated rings. The Hall–Kier alpha value is -3.66. The lowest BCUT2D eigenvalue weighted by molar-refractivity contribution is 0.0984. The molecule has 4 rings (SSSR count). The number of carbonyl (C=O) groups is 1. The summed E-state index contributed by atoms with van der Waals surface area (Å²) in [5.41, 5.74) is 5.62. The number of hydrogen-bond donors (Lipinski definition) is 1. The van der Waals surface area contributed by atoms with Gasteiger partial charge in [-0.1, -0.05) is 42.5 Å². The van der Waals surface area contributed by atoms with E-state index in [0.29, 0.717) is 11.1 Å². The Kier molecular flexibility index (Phi) is 5.23. The number of aromatic amines is 1. The quantitative estimate of drug-likeness (QED) is 0.509. The van der Waals surface area contributed by atoms with Crippen molar-refractivity contribution in [3.63, 3.8) is 0 Å². The Morgan fingerprint density at radius 2 is 1.63 bits per heavy atom. The van der Waals surface area contributed by atoms with Gasteiger partial charge in [0.15, 0.2) is 0 Å². The van der Waals surface area contributed by atoms with Crippen molar-refractivity contribution in [3.8, 4) is 0 Å². The maximum absolute atomic E-state index is 13.5. The number of aryl methyl sites for hydroxylation is 3. The predicted octanol–water partition coefficient (Wildman–Crippen LogP) is 5.30. The van der Waals surface area contributed by atoms with Gasteiger partial charge in [0.2, 0.25) is 0 Å². The summed E-state index contributed by atoms with van der Waals surface area (Å²) in [7, 11) is 0. The van der Waals surface area contributed by atoms with Crippen LogP contribution in [0.3, 0.4) is 0 Å². The lowest BCUT2D eigenvalue weighted by Gasteiger charge is -2.24. The average Bonchev–Trinajstić information content (AvgIpc) is 2.72. The largest absolute Gasteiger partial charge is 0.322 e. The summed E-state index contributed by atoms with van der Waals surface area (Å²) in [5.74, 6) is -0.123. The van der Waals surface area contributed by atoms with Crippen molar-refractivity contribution in [3.05, 3.63) is 111 Å². The number of nitrogens with zero attached hydrogens (tertiary/aromatic N) is 1. The molecule has 0 bridgehead atoms. The average molecular weight is 396 g/mol. The SMILES string of the molecule is Cc1cccc(N(Cc2cc3ccc(C)cc3[nH]c2=O)C(=O)c2ccccc2C)c1. The minimum absolute atomic E-state index is 0.123. The molecule has 0 radical (unpaired) electrons. The van der Waals surface area contributed by atoms with Gasteiger partial charge < -0.3 is 9.88 Å². The maximum Gasteiger partial charge on any atom is 0.258 e. The number of amides is 1. The van der Waals surface area contributed by atoms with E-state index in [4.69, 9.17) is 0 Å². The minimum atomic E-state index is -0.177. The van der Waals surface area contributed by atoms with E-state index in [1.54, 1.807) is 4.90 Å². The molecule has 0 saturated heterocycles. The van der Waals surface area contributed by atoms with Crippen molar-refractivity contribution in [1.29, 1.82) is 0 Å². The van der Waals surface area contributed by atoms with Crippen LogP contribution >= 0.6 is 0 Å². The highest BCUT2D eigenvalue weighted by atomic mass is 16.2. The van der Waals surface area contributed by atoms with Gasteiger partial charge in [-0.2, -0.15) is 0 Å². The zero-order valence-electron chi connectivity index (χ0n) is 17.4. The number of rotatable bonds is 4. The van der Waals surface area contributed by atoms with Crippen LogP contribution in [-0.4, -0.2) is 10.9 Å². The lowest BCUT2D eigenvalue weighted by Crippen LogP contribution is -2.33. The fourth-order valence-corrected chi connectivity index (χ4v) is 3.68. The van der Waals surface area contributed by atoms with Gasteiger partial charge >= 0.3 is 0 Å². The zero-order valence-corrected chi connectivity index (χ0v) is 17.4. The van der Waals surface area contributed by atoms with Crippen LogP contribution < -0.4 is 10.5 Å². The summed E-state index contributed by atoms with van der Waals surface area (Å²) in [4.78, 5) is 31.0. The van der Waals surface area contributed by atoms with Crippen LogP contribution in [0.5, 0.6) is 0 Å². The number of nitrogens with one attached hydrogen (secondary N) is 1. The second-order valence-electron chi connectivity index (χ2n) is 7.76. The predicted molar refractivity (Wildman–Crippen MR) is 122 cm³/mol. The number of fused-ring (bicyclic) bond motifs is 1. The first-order valence-corrected chi connectivity index (χ1v) is 9.99. The molecule has 1 aromatic heterocycles. The van der Waals surface area contributed by atoms with Crippen molar-refractivity contribution in [1.82, 2.24) is 4.98 Å². The van der Waals surface area contributed by atoms with Gasteiger partial charge in [0.25, 0.3) is 11.5 Å². The normalized spacial score (nSPS) is 10.9. The third-order valence-electron chi connectivity index (χ3n) is 5.34. The fraction of sp³-hybridized carbons (Fsp3) is 0.154. The van der Waals surface area contributed by atoms with Crippen LogP contribution in [0.2, 0.25) is 0 Å². The minimum Gasteiger partial charge on any atom is -0.322 e. The summed E-state index contributed by atoms with van der Waals surface area (Å²) in [6.07, 6.45) is 0.